The van der Waals surface area contributed by atoms with Gasteiger partial charge in [0.15, 0.2) is 0 Å². The molecule has 116 valence electrons. The number of thiophene rings is 1. The Hall–Kier alpha value is -2.40. The highest BCUT2D eigenvalue weighted by Crippen LogP contribution is 2.32. The Morgan fingerprint density at radius 1 is 1.35 bits per heavy atom. The molecule has 0 bridgehead atoms. The second-order valence-electron chi connectivity index (χ2n) is 5.87. The molecule has 1 aliphatic heterocycles. The van der Waals surface area contributed by atoms with E-state index in [0.29, 0.717) is 6.54 Å². The van der Waals surface area contributed by atoms with E-state index in [2.05, 4.69) is 0 Å². The van der Waals surface area contributed by atoms with Gasteiger partial charge in [-0.1, -0.05) is 12.1 Å². The predicted molar refractivity (Wildman–Crippen MR) is 93.9 cm³/mol. The lowest BCUT2D eigenvalue weighted by atomic mass is 10.1. The number of nitrogens with zero attached hydrogens (tertiary/aromatic N) is 2. The summed E-state index contributed by atoms with van der Waals surface area (Å²) in [7, 11) is 0. The van der Waals surface area contributed by atoms with Crippen molar-refractivity contribution in [3.05, 3.63) is 56.4 Å². The number of allylic oxidation sites excluding steroid dienone is 1. The van der Waals surface area contributed by atoms with Gasteiger partial charge in [-0.05, 0) is 55.2 Å². The number of rotatable bonds is 1. The minimum absolute atomic E-state index is 0.0613. The number of phenolic OH excluding ortho intramolecular Hbond substituents is 1. The summed E-state index contributed by atoms with van der Waals surface area (Å²) in [6.45, 7) is 4.68. The van der Waals surface area contributed by atoms with Crippen molar-refractivity contribution in [1.82, 2.24) is 9.55 Å². The van der Waals surface area contributed by atoms with E-state index in [1.54, 1.807) is 28.0 Å². The van der Waals surface area contributed by atoms with Crippen molar-refractivity contribution >= 4 is 33.2 Å². The fourth-order valence-electron chi connectivity index (χ4n) is 3.08. The average molecular weight is 324 g/mol. The van der Waals surface area contributed by atoms with Crippen LogP contribution in [0.1, 0.15) is 28.2 Å². The number of benzene rings is 1. The molecule has 0 atom stereocenters. The monoisotopic (exact) mass is 324 g/mol. The Kier molecular flexibility index (Phi) is 3.13. The van der Waals surface area contributed by atoms with E-state index >= 15 is 0 Å². The standard InChI is InChI=1S/C18H16N2O2S/c1-10-11(2)23-17-15(10)18(22)20-7-6-13(16(20)19-17)8-12-4-3-5-14(21)9-12/h3-5,8-9,21H,6-7H2,1-2H3/b13-8-. The molecule has 0 saturated carbocycles. The second-order valence-corrected chi connectivity index (χ2v) is 7.07. The van der Waals surface area contributed by atoms with Crippen LogP contribution in [0.5, 0.6) is 5.75 Å². The summed E-state index contributed by atoms with van der Waals surface area (Å²) >= 11 is 1.58. The molecular formula is C18H16N2O2S. The van der Waals surface area contributed by atoms with Gasteiger partial charge in [0, 0.05) is 11.4 Å². The zero-order valence-corrected chi connectivity index (χ0v) is 13.8. The number of hydrogen-bond donors (Lipinski definition) is 1. The Morgan fingerprint density at radius 3 is 2.96 bits per heavy atom. The quantitative estimate of drug-likeness (QED) is 0.742. The molecule has 23 heavy (non-hydrogen) atoms. The molecule has 3 aromatic rings. The topological polar surface area (TPSA) is 55.1 Å². The fraction of sp³-hybridized carbons (Fsp3) is 0.222. The molecule has 0 spiro atoms. The van der Waals surface area contributed by atoms with Crippen LogP contribution in [0.25, 0.3) is 21.9 Å². The molecule has 0 fully saturated rings. The van der Waals surface area contributed by atoms with Crippen LogP contribution in [0.15, 0.2) is 29.1 Å². The van der Waals surface area contributed by atoms with Crippen molar-refractivity contribution in [2.75, 3.05) is 0 Å². The van der Waals surface area contributed by atoms with Crippen LogP contribution < -0.4 is 5.56 Å². The highest BCUT2D eigenvalue weighted by atomic mass is 32.1. The summed E-state index contributed by atoms with van der Waals surface area (Å²) in [6, 6.07) is 7.11. The van der Waals surface area contributed by atoms with Crippen LogP contribution in [-0.2, 0) is 6.54 Å². The normalized spacial score (nSPS) is 15.5. The summed E-state index contributed by atoms with van der Waals surface area (Å²) < 4.78 is 1.77. The summed E-state index contributed by atoms with van der Waals surface area (Å²) in [5.74, 6) is 0.995. The Labute approximate surface area is 137 Å². The molecule has 4 nitrogen and oxygen atoms in total. The molecule has 2 aromatic heterocycles. The van der Waals surface area contributed by atoms with Gasteiger partial charge >= 0.3 is 0 Å². The van der Waals surface area contributed by atoms with Gasteiger partial charge in [-0.3, -0.25) is 9.36 Å². The van der Waals surface area contributed by atoms with E-state index in [9.17, 15) is 9.90 Å². The van der Waals surface area contributed by atoms with Crippen LogP contribution in [0.2, 0.25) is 0 Å². The number of aromatic hydroxyl groups is 1. The Bertz CT molecular complexity index is 1030. The number of aryl methyl sites for hydroxylation is 2. The molecule has 0 saturated heterocycles. The molecule has 1 aliphatic rings. The third kappa shape index (κ3) is 2.19. The Balaban J connectivity index is 1.92. The highest BCUT2D eigenvalue weighted by molar-refractivity contribution is 7.18. The molecule has 0 radical (unpaired) electrons. The van der Waals surface area contributed by atoms with Gasteiger partial charge in [0.1, 0.15) is 16.4 Å². The summed E-state index contributed by atoms with van der Waals surface area (Å²) in [6.07, 6.45) is 2.79. The third-order valence-electron chi connectivity index (χ3n) is 4.39. The van der Waals surface area contributed by atoms with Crippen molar-refractivity contribution in [2.24, 2.45) is 0 Å². The van der Waals surface area contributed by atoms with Crippen molar-refractivity contribution in [3.8, 4) is 5.75 Å². The first-order valence-electron chi connectivity index (χ1n) is 7.55. The van der Waals surface area contributed by atoms with Gasteiger partial charge in [-0.25, -0.2) is 4.98 Å². The fourth-order valence-corrected chi connectivity index (χ4v) is 4.10. The van der Waals surface area contributed by atoms with E-state index < -0.39 is 0 Å². The number of phenols is 1. The van der Waals surface area contributed by atoms with Crippen molar-refractivity contribution in [1.29, 1.82) is 0 Å². The molecule has 1 aromatic carbocycles. The first kappa shape index (κ1) is 14.2. The highest BCUT2D eigenvalue weighted by Gasteiger charge is 2.23. The van der Waals surface area contributed by atoms with Crippen LogP contribution in [-0.4, -0.2) is 14.7 Å². The molecule has 0 amide bonds. The van der Waals surface area contributed by atoms with E-state index in [0.717, 1.165) is 44.0 Å². The lowest BCUT2D eigenvalue weighted by molar-refractivity contribution is 0.475. The molecule has 3 heterocycles. The average Bonchev–Trinajstić information content (AvgIpc) is 3.02. The summed E-state index contributed by atoms with van der Waals surface area (Å²) in [4.78, 5) is 19.5. The lowest BCUT2D eigenvalue weighted by Crippen LogP contribution is -2.20. The SMILES string of the molecule is Cc1sc2nc3n(c(=O)c2c1C)CC/C3=C/c1cccc(O)c1. The zero-order valence-electron chi connectivity index (χ0n) is 13.0. The minimum atomic E-state index is 0.0613. The van der Waals surface area contributed by atoms with E-state index in [1.165, 1.54) is 0 Å². The first-order valence-corrected chi connectivity index (χ1v) is 8.37. The first-order chi connectivity index (χ1) is 11.0. The molecule has 4 rings (SSSR count). The summed E-state index contributed by atoms with van der Waals surface area (Å²) in [5, 5.41) is 10.4. The molecule has 5 heteroatoms. The minimum Gasteiger partial charge on any atom is -0.508 e. The smallest absolute Gasteiger partial charge is 0.262 e. The van der Waals surface area contributed by atoms with Crippen molar-refractivity contribution in [2.45, 2.75) is 26.8 Å². The lowest BCUT2D eigenvalue weighted by Gasteiger charge is -2.03. The van der Waals surface area contributed by atoms with Crippen molar-refractivity contribution in [3.63, 3.8) is 0 Å². The van der Waals surface area contributed by atoms with Crippen LogP contribution in [0.4, 0.5) is 0 Å². The maximum atomic E-state index is 12.8. The predicted octanol–water partition coefficient (Wildman–Crippen LogP) is 3.72. The Morgan fingerprint density at radius 2 is 2.17 bits per heavy atom. The largest absolute Gasteiger partial charge is 0.508 e. The van der Waals surface area contributed by atoms with Gasteiger partial charge in [-0.15, -0.1) is 11.3 Å². The number of hydrogen-bond acceptors (Lipinski definition) is 4. The van der Waals surface area contributed by atoms with Crippen LogP contribution in [0.3, 0.4) is 0 Å². The zero-order chi connectivity index (χ0) is 16.1. The van der Waals surface area contributed by atoms with Crippen LogP contribution >= 0.6 is 11.3 Å². The van der Waals surface area contributed by atoms with E-state index in [-0.39, 0.29) is 11.3 Å². The van der Waals surface area contributed by atoms with Gasteiger partial charge in [-0.2, -0.15) is 0 Å². The van der Waals surface area contributed by atoms with Gasteiger partial charge < -0.3 is 5.11 Å². The van der Waals surface area contributed by atoms with Gasteiger partial charge in [0.25, 0.3) is 5.56 Å². The maximum absolute atomic E-state index is 12.8. The third-order valence-corrected chi connectivity index (χ3v) is 5.49. The van der Waals surface area contributed by atoms with Crippen LogP contribution in [0, 0.1) is 13.8 Å². The number of fused-ring (bicyclic) bond motifs is 2. The number of aromatic nitrogens is 2. The molecular weight excluding hydrogens is 308 g/mol. The van der Waals surface area contributed by atoms with E-state index in [1.807, 2.05) is 32.1 Å². The van der Waals surface area contributed by atoms with Gasteiger partial charge in [0.05, 0.1) is 5.39 Å². The van der Waals surface area contributed by atoms with E-state index in [4.69, 9.17) is 4.98 Å². The second kappa shape index (κ2) is 5.06. The molecule has 0 aliphatic carbocycles. The maximum Gasteiger partial charge on any atom is 0.262 e. The molecule has 1 N–H and O–H groups in total. The van der Waals surface area contributed by atoms with Gasteiger partial charge in [0.2, 0.25) is 0 Å². The van der Waals surface area contributed by atoms with Crippen molar-refractivity contribution < 1.29 is 5.11 Å². The molecule has 0 unspecified atom stereocenters. The summed E-state index contributed by atoms with van der Waals surface area (Å²) in [5.41, 5.74) is 3.06.